The number of benzene rings is 2. The first kappa shape index (κ1) is 22.5. The SMILES string of the molecule is CCOc1cccc(Cn2c(=O)c3sccc3n(CC(=O)N(C)c3cccc(C)c3)c2=O)c1. The van der Waals surface area contributed by atoms with Gasteiger partial charge in [-0.1, -0.05) is 24.3 Å². The number of fused-ring (bicyclic) bond motifs is 1. The summed E-state index contributed by atoms with van der Waals surface area (Å²) in [5.74, 6) is 0.425. The van der Waals surface area contributed by atoms with E-state index in [9.17, 15) is 14.4 Å². The van der Waals surface area contributed by atoms with Gasteiger partial charge < -0.3 is 9.64 Å². The van der Waals surface area contributed by atoms with Crippen molar-refractivity contribution in [3.05, 3.63) is 91.9 Å². The number of carbonyl (C=O) groups is 1. The maximum atomic E-state index is 13.4. The second-order valence-corrected chi connectivity index (χ2v) is 8.68. The molecule has 0 saturated heterocycles. The van der Waals surface area contributed by atoms with Crippen molar-refractivity contribution in [3.63, 3.8) is 0 Å². The van der Waals surface area contributed by atoms with Crippen LogP contribution in [0.3, 0.4) is 0 Å². The highest BCUT2D eigenvalue weighted by atomic mass is 32.1. The van der Waals surface area contributed by atoms with Gasteiger partial charge in [-0.2, -0.15) is 0 Å². The summed E-state index contributed by atoms with van der Waals surface area (Å²) in [5.41, 5.74) is 2.15. The molecule has 0 aliphatic heterocycles. The van der Waals surface area contributed by atoms with E-state index in [1.165, 1.54) is 25.4 Å². The standard InChI is InChI=1S/C25H25N3O4S/c1-4-32-20-10-6-8-18(14-20)15-28-24(30)23-21(11-12-33-23)27(25(28)31)16-22(29)26(3)19-9-5-7-17(2)13-19/h5-14H,4,15-16H2,1-3H3. The van der Waals surface area contributed by atoms with E-state index in [-0.39, 0.29) is 24.6 Å². The summed E-state index contributed by atoms with van der Waals surface area (Å²) in [5, 5.41) is 1.76. The molecule has 2 aromatic heterocycles. The number of carbonyl (C=O) groups excluding carboxylic acids is 1. The van der Waals surface area contributed by atoms with Crippen LogP contribution in [0.4, 0.5) is 5.69 Å². The minimum absolute atomic E-state index is 0.0916. The normalized spacial score (nSPS) is 11.0. The van der Waals surface area contributed by atoms with Crippen molar-refractivity contribution in [1.82, 2.24) is 9.13 Å². The van der Waals surface area contributed by atoms with Gasteiger partial charge in [0.25, 0.3) is 5.56 Å². The van der Waals surface area contributed by atoms with Crippen LogP contribution >= 0.6 is 11.3 Å². The number of amides is 1. The van der Waals surface area contributed by atoms with Gasteiger partial charge in [0, 0.05) is 12.7 Å². The summed E-state index contributed by atoms with van der Waals surface area (Å²) < 4.78 is 8.55. The number of anilines is 1. The molecule has 0 aliphatic rings. The highest BCUT2D eigenvalue weighted by Crippen LogP contribution is 2.19. The molecule has 0 saturated carbocycles. The van der Waals surface area contributed by atoms with Gasteiger partial charge in [-0.15, -0.1) is 11.3 Å². The predicted octanol–water partition coefficient (Wildman–Crippen LogP) is 3.64. The maximum Gasteiger partial charge on any atom is 0.332 e. The molecule has 0 spiro atoms. The van der Waals surface area contributed by atoms with E-state index in [4.69, 9.17) is 4.74 Å². The third-order valence-electron chi connectivity index (χ3n) is 5.44. The molecule has 0 radical (unpaired) electrons. The lowest BCUT2D eigenvalue weighted by Crippen LogP contribution is -2.42. The van der Waals surface area contributed by atoms with Crippen molar-refractivity contribution in [3.8, 4) is 5.75 Å². The zero-order chi connectivity index (χ0) is 23.5. The van der Waals surface area contributed by atoms with Crippen molar-refractivity contribution in [2.75, 3.05) is 18.6 Å². The first-order valence-electron chi connectivity index (χ1n) is 10.6. The predicted molar refractivity (Wildman–Crippen MR) is 132 cm³/mol. The van der Waals surface area contributed by atoms with Crippen LogP contribution in [0, 0.1) is 6.92 Å². The van der Waals surface area contributed by atoms with Crippen LogP contribution in [0.1, 0.15) is 18.1 Å². The van der Waals surface area contributed by atoms with Gasteiger partial charge in [0.15, 0.2) is 0 Å². The number of thiophene rings is 1. The Morgan fingerprint density at radius 2 is 1.85 bits per heavy atom. The summed E-state index contributed by atoms with van der Waals surface area (Å²) in [6, 6.07) is 16.6. The van der Waals surface area contributed by atoms with Crippen LogP contribution < -0.4 is 20.9 Å². The van der Waals surface area contributed by atoms with E-state index in [1.54, 1.807) is 18.5 Å². The van der Waals surface area contributed by atoms with E-state index < -0.39 is 5.69 Å². The molecular weight excluding hydrogens is 438 g/mol. The Morgan fingerprint density at radius 3 is 2.61 bits per heavy atom. The minimum atomic E-state index is -0.515. The Labute approximate surface area is 195 Å². The lowest BCUT2D eigenvalue weighted by Gasteiger charge is -2.19. The summed E-state index contributed by atoms with van der Waals surface area (Å²) >= 11 is 1.26. The molecule has 2 heterocycles. The Hall–Kier alpha value is -3.65. The lowest BCUT2D eigenvalue weighted by molar-refractivity contribution is -0.118. The van der Waals surface area contributed by atoms with Crippen molar-refractivity contribution < 1.29 is 9.53 Å². The van der Waals surface area contributed by atoms with Gasteiger partial charge in [0.05, 0.1) is 18.7 Å². The molecule has 0 atom stereocenters. The highest BCUT2D eigenvalue weighted by molar-refractivity contribution is 7.17. The average molecular weight is 464 g/mol. The molecule has 8 heteroatoms. The van der Waals surface area contributed by atoms with E-state index in [1.807, 2.05) is 62.4 Å². The molecule has 7 nitrogen and oxygen atoms in total. The zero-order valence-electron chi connectivity index (χ0n) is 18.8. The van der Waals surface area contributed by atoms with Gasteiger partial charge in [0.2, 0.25) is 5.91 Å². The smallest absolute Gasteiger partial charge is 0.332 e. The minimum Gasteiger partial charge on any atom is -0.494 e. The van der Waals surface area contributed by atoms with E-state index in [0.717, 1.165) is 16.8 Å². The largest absolute Gasteiger partial charge is 0.494 e. The molecule has 170 valence electrons. The quantitative estimate of drug-likeness (QED) is 0.419. The van der Waals surface area contributed by atoms with Crippen molar-refractivity contribution in [2.24, 2.45) is 0 Å². The summed E-state index contributed by atoms with van der Waals surface area (Å²) in [7, 11) is 1.68. The number of aromatic nitrogens is 2. The van der Waals surface area contributed by atoms with Gasteiger partial charge >= 0.3 is 5.69 Å². The van der Waals surface area contributed by atoms with Crippen LogP contribution in [-0.2, 0) is 17.9 Å². The summed E-state index contributed by atoms with van der Waals surface area (Å²) in [4.78, 5) is 41.1. The molecule has 33 heavy (non-hydrogen) atoms. The number of hydrogen-bond donors (Lipinski definition) is 0. The molecule has 2 aromatic carbocycles. The fraction of sp³-hybridized carbons (Fsp3) is 0.240. The summed E-state index contributed by atoms with van der Waals surface area (Å²) in [6.45, 7) is 4.29. The Morgan fingerprint density at radius 1 is 1.06 bits per heavy atom. The number of ether oxygens (including phenoxy) is 1. The van der Waals surface area contributed by atoms with Crippen molar-refractivity contribution in [2.45, 2.75) is 26.9 Å². The van der Waals surface area contributed by atoms with Gasteiger partial charge in [-0.3, -0.25) is 18.7 Å². The van der Waals surface area contributed by atoms with Crippen LogP contribution in [0.15, 0.2) is 69.6 Å². The van der Waals surface area contributed by atoms with Crippen LogP contribution in [-0.4, -0.2) is 28.7 Å². The number of hydrogen-bond acceptors (Lipinski definition) is 5. The number of nitrogens with zero attached hydrogens (tertiary/aromatic N) is 3. The fourth-order valence-corrected chi connectivity index (χ4v) is 4.57. The topological polar surface area (TPSA) is 73.5 Å². The summed E-state index contributed by atoms with van der Waals surface area (Å²) in [6.07, 6.45) is 0. The zero-order valence-corrected chi connectivity index (χ0v) is 19.6. The molecule has 0 bridgehead atoms. The highest BCUT2D eigenvalue weighted by Gasteiger charge is 2.19. The van der Waals surface area contributed by atoms with E-state index in [2.05, 4.69) is 0 Å². The molecule has 0 N–H and O–H groups in total. The Bertz CT molecular complexity index is 1430. The van der Waals surface area contributed by atoms with Gasteiger partial charge in [-0.05, 0) is 60.7 Å². The van der Waals surface area contributed by atoms with Crippen molar-refractivity contribution in [1.29, 1.82) is 0 Å². The molecule has 0 unspecified atom stereocenters. The number of likely N-dealkylation sites (N-methyl/N-ethyl adjacent to an activating group) is 1. The first-order valence-corrected chi connectivity index (χ1v) is 11.5. The van der Waals surface area contributed by atoms with Crippen LogP contribution in [0.25, 0.3) is 10.2 Å². The van der Waals surface area contributed by atoms with Gasteiger partial charge in [0.1, 0.15) is 17.0 Å². The molecule has 4 aromatic rings. The van der Waals surface area contributed by atoms with Crippen molar-refractivity contribution >= 4 is 33.1 Å². The third kappa shape index (κ3) is 4.61. The number of aryl methyl sites for hydroxylation is 1. The molecular formula is C25H25N3O4S. The monoisotopic (exact) mass is 463 g/mol. The molecule has 0 aliphatic carbocycles. The van der Waals surface area contributed by atoms with Crippen LogP contribution in [0.2, 0.25) is 0 Å². The van der Waals surface area contributed by atoms with Gasteiger partial charge in [-0.25, -0.2) is 4.79 Å². The third-order valence-corrected chi connectivity index (χ3v) is 6.33. The van der Waals surface area contributed by atoms with E-state index in [0.29, 0.717) is 22.6 Å². The second kappa shape index (κ2) is 9.46. The lowest BCUT2D eigenvalue weighted by atomic mass is 10.2. The fourth-order valence-electron chi connectivity index (χ4n) is 3.73. The molecule has 0 fully saturated rings. The maximum absolute atomic E-state index is 13.4. The average Bonchev–Trinajstić information content (AvgIpc) is 3.29. The molecule has 4 rings (SSSR count). The first-order chi connectivity index (χ1) is 15.9. The van der Waals surface area contributed by atoms with E-state index >= 15 is 0 Å². The number of rotatable bonds is 7. The Kier molecular flexibility index (Phi) is 6.46. The van der Waals surface area contributed by atoms with Crippen LogP contribution in [0.5, 0.6) is 5.75 Å². The molecule has 1 amide bonds. The second-order valence-electron chi connectivity index (χ2n) is 7.77. The Balaban J connectivity index is 1.72.